The van der Waals surface area contributed by atoms with E-state index in [2.05, 4.69) is 47.8 Å². The van der Waals surface area contributed by atoms with Crippen LogP contribution in [0, 0.1) is 12.8 Å². The topological polar surface area (TPSA) is 61.2 Å². The summed E-state index contributed by atoms with van der Waals surface area (Å²) in [5.41, 5.74) is 4.37. The van der Waals surface area contributed by atoms with Crippen molar-refractivity contribution in [1.29, 1.82) is 0 Å². The van der Waals surface area contributed by atoms with Crippen LogP contribution in [0.15, 0.2) is 51.6 Å². The number of amidine groups is 1. The number of carbonyl (C=O) groups is 1. The molecule has 6 nitrogen and oxygen atoms in total. The third-order valence-electron chi connectivity index (χ3n) is 6.62. The molecule has 2 aliphatic heterocycles. The molecule has 0 aliphatic carbocycles. The number of aromatic nitrogens is 1. The molecule has 0 saturated carbocycles. The number of rotatable bonds is 5. The van der Waals surface area contributed by atoms with Gasteiger partial charge in [-0.2, -0.15) is 0 Å². The van der Waals surface area contributed by atoms with E-state index in [4.69, 9.17) is 4.99 Å². The molecule has 0 spiro atoms. The fraction of sp³-hybridized carbons (Fsp3) is 0.556. The number of hydrogen-bond acceptors (Lipinski definition) is 4. The molecule has 0 N–H and O–H groups in total. The van der Waals surface area contributed by atoms with E-state index in [0.717, 1.165) is 61.8 Å². The summed E-state index contributed by atoms with van der Waals surface area (Å²) < 4.78 is 0. The van der Waals surface area contributed by atoms with E-state index in [1.165, 1.54) is 12.0 Å². The molecule has 33 heavy (non-hydrogen) atoms. The van der Waals surface area contributed by atoms with E-state index in [1.807, 2.05) is 37.9 Å². The molecule has 3 heterocycles. The first-order chi connectivity index (χ1) is 15.8. The van der Waals surface area contributed by atoms with E-state index >= 15 is 0 Å². The van der Waals surface area contributed by atoms with Gasteiger partial charge >= 0.3 is 0 Å². The molecule has 0 aromatic carbocycles. The van der Waals surface area contributed by atoms with Gasteiger partial charge in [-0.1, -0.05) is 19.1 Å². The number of piperidine rings is 1. The van der Waals surface area contributed by atoms with Crippen molar-refractivity contribution in [3.63, 3.8) is 0 Å². The SMILES string of the molecule is C\C=C(C)/C(=N\C(C)=C\C(=NC)[C@@H]1CCCCN1C(=O)c1cccc(C)n1)N1CC[C@H](C)C1. The highest BCUT2D eigenvalue weighted by atomic mass is 16.2. The molecule has 1 aromatic rings. The average Bonchev–Trinajstić information content (AvgIpc) is 3.26. The Hall–Kier alpha value is -2.76. The first-order valence-corrected chi connectivity index (χ1v) is 12.2. The standard InChI is InChI=1S/C27H39N5O/c1-7-20(3)26(31-16-14-19(2)18-31)30-22(5)17-24(28-6)25-13-8-9-15-32(25)27(33)23-12-10-11-21(4)29-23/h7,10-12,17,19,25H,8-9,13-16,18H2,1-6H3/b20-7-,22-17+,28-24?,30-26+/t19-,25-/m0/s1. The van der Waals surface area contributed by atoms with Crippen molar-refractivity contribution >= 4 is 17.5 Å². The predicted octanol–water partition coefficient (Wildman–Crippen LogP) is 5.07. The zero-order valence-corrected chi connectivity index (χ0v) is 21.1. The zero-order chi connectivity index (χ0) is 24.0. The van der Waals surface area contributed by atoms with Gasteiger partial charge in [-0.05, 0) is 83.1 Å². The third kappa shape index (κ3) is 6.18. The largest absolute Gasteiger partial charge is 0.356 e. The van der Waals surface area contributed by atoms with Gasteiger partial charge in [0.05, 0.1) is 11.8 Å². The van der Waals surface area contributed by atoms with Gasteiger partial charge in [0.25, 0.3) is 5.91 Å². The van der Waals surface area contributed by atoms with Crippen LogP contribution in [0.2, 0.25) is 0 Å². The lowest BCUT2D eigenvalue weighted by Gasteiger charge is -2.35. The van der Waals surface area contributed by atoms with Gasteiger partial charge < -0.3 is 9.80 Å². The first kappa shape index (κ1) is 24.9. The summed E-state index contributed by atoms with van der Waals surface area (Å²) in [6.07, 6.45) is 8.38. The Balaban J connectivity index is 1.87. The number of pyridine rings is 1. The Labute approximate surface area is 199 Å². The fourth-order valence-corrected chi connectivity index (χ4v) is 4.68. The van der Waals surface area contributed by atoms with E-state index in [1.54, 1.807) is 6.07 Å². The predicted molar refractivity (Wildman–Crippen MR) is 137 cm³/mol. The van der Waals surface area contributed by atoms with Gasteiger partial charge in [0.2, 0.25) is 0 Å². The molecule has 2 atom stereocenters. The van der Waals surface area contributed by atoms with Gasteiger partial charge in [-0.15, -0.1) is 0 Å². The smallest absolute Gasteiger partial charge is 0.273 e. The summed E-state index contributed by atoms with van der Waals surface area (Å²) in [6, 6.07) is 5.56. The lowest BCUT2D eigenvalue weighted by Crippen LogP contribution is -2.48. The van der Waals surface area contributed by atoms with Gasteiger partial charge in [0.1, 0.15) is 11.5 Å². The average molecular weight is 450 g/mol. The quantitative estimate of drug-likeness (QED) is 0.466. The lowest BCUT2D eigenvalue weighted by molar-refractivity contribution is 0.0675. The molecule has 178 valence electrons. The molecule has 6 heteroatoms. The van der Waals surface area contributed by atoms with E-state index in [9.17, 15) is 4.79 Å². The number of hydrogen-bond donors (Lipinski definition) is 0. The van der Waals surface area contributed by atoms with Gasteiger partial charge in [-0.25, -0.2) is 9.98 Å². The molecule has 0 bridgehead atoms. The Morgan fingerprint density at radius 2 is 1.97 bits per heavy atom. The minimum Gasteiger partial charge on any atom is -0.356 e. The Morgan fingerprint density at radius 1 is 1.18 bits per heavy atom. The molecule has 1 aromatic heterocycles. The second-order valence-corrected chi connectivity index (χ2v) is 9.36. The fourth-order valence-electron chi connectivity index (χ4n) is 4.68. The molecule has 2 fully saturated rings. The van der Waals surface area contributed by atoms with Crippen LogP contribution in [-0.2, 0) is 0 Å². The van der Waals surface area contributed by atoms with Crippen LogP contribution in [0.1, 0.15) is 69.6 Å². The maximum atomic E-state index is 13.3. The van der Waals surface area contributed by atoms with Crippen molar-refractivity contribution in [2.24, 2.45) is 15.9 Å². The highest BCUT2D eigenvalue weighted by Gasteiger charge is 2.31. The van der Waals surface area contributed by atoms with Crippen molar-refractivity contribution < 1.29 is 4.79 Å². The summed E-state index contributed by atoms with van der Waals surface area (Å²) >= 11 is 0. The van der Waals surface area contributed by atoms with Gasteiger partial charge in [0.15, 0.2) is 0 Å². The minimum absolute atomic E-state index is 0.0180. The number of likely N-dealkylation sites (tertiary alicyclic amines) is 2. The second kappa shape index (κ2) is 11.4. The summed E-state index contributed by atoms with van der Waals surface area (Å²) in [5.74, 6) is 1.72. The molecule has 1 amide bonds. The highest BCUT2D eigenvalue weighted by molar-refractivity contribution is 6.04. The first-order valence-electron chi connectivity index (χ1n) is 12.2. The van der Waals surface area contributed by atoms with Crippen LogP contribution in [0.4, 0.5) is 0 Å². The van der Waals surface area contributed by atoms with E-state index < -0.39 is 0 Å². The summed E-state index contributed by atoms with van der Waals surface area (Å²) in [4.78, 5) is 31.8. The number of nitrogens with zero attached hydrogens (tertiary/aromatic N) is 5. The van der Waals surface area contributed by atoms with Crippen LogP contribution >= 0.6 is 0 Å². The van der Waals surface area contributed by atoms with Crippen LogP contribution in [0.5, 0.6) is 0 Å². The molecule has 3 rings (SSSR count). The number of amides is 1. The molecule has 2 aliphatic rings. The molecule has 2 saturated heterocycles. The maximum Gasteiger partial charge on any atom is 0.273 e. The zero-order valence-electron chi connectivity index (χ0n) is 21.1. The summed E-state index contributed by atoms with van der Waals surface area (Å²) in [6.45, 7) is 13.2. The number of carbonyl (C=O) groups excluding carboxylic acids is 1. The van der Waals surface area contributed by atoms with Crippen molar-refractivity contribution in [3.8, 4) is 0 Å². The molecule has 0 unspecified atom stereocenters. The van der Waals surface area contributed by atoms with Crippen molar-refractivity contribution in [2.75, 3.05) is 26.7 Å². The van der Waals surface area contributed by atoms with Crippen molar-refractivity contribution in [2.45, 2.75) is 66.3 Å². The lowest BCUT2D eigenvalue weighted by atomic mass is 9.96. The van der Waals surface area contributed by atoms with Gasteiger partial charge in [0, 0.05) is 38.1 Å². The molecular formula is C27H39N5O. The third-order valence-corrected chi connectivity index (χ3v) is 6.62. The van der Waals surface area contributed by atoms with Crippen LogP contribution in [0.25, 0.3) is 0 Å². The number of aryl methyl sites for hydroxylation is 1. The monoisotopic (exact) mass is 449 g/mol. The van der Waals surface area contributed by atoms with Gasteiger partial charge in [-0.3, -0.25) is 9.79 Å². The van der Waals surface area contributed by atoms with Crippen LogP contribution < -0.4 is 0 Å². The normalized spacial score (nSPS) is 23.3. The Morgan fingerprint density at radius 3 is 2.61 bits per heavy atom. The Kier molecular flexibility index (Phi) is 8.59. The highest BCUT2D eigenvalue weighted by Crippen LogP contribution is 2.23. The number of allylic oxidation sites excluding steroid dienone is 2. The Bertz CT molecular complexity index is 974. The van der Waals surface area contributed by atoms with Crippen molar-refractivity contribution in [3.05, 3.63) is 53.0 Å². The summed E-state index contributed by atoms with van der Waals surface area (Å²) in [5, 5.41) is 0. The van der Waals surface area contributed by atoms with E-state index in [0.29, 0.717) is 11.6 Å². The minimum atomic E-state index is -0.0539. The van der Waals surface area contributed by atoms with E-state index in [-0.39, 0.29) is 11.9 Å². The second-order valence-electron chi connectivity index (χ2n) is 9.36. The van der Waals surface area contributed by atoms with Crippen LogP contribution in [-0.4, -0.2) is 65.0 Å². The molecular weight excluding hydrogens is 410 g/mol. The van der Waals surface area contributed by atoms with Crippen molar-refractivity contribution in [1.82, 2.24) is 14.8 Å². The summed E-state index contributed by atoms with van der Waals surface area (Å²) in [7, 11) is 1.81. The molecule has 0 radical (unpaired) electrons. The van der Waals surface area contributed by atoms with Crippen LogP contribution in [0.3, 0.4) is 0 Å². The maximum absolute atomic E-state index is 13.3. The number of aliphatic imine (C=N–C) groups is 2.